The molecule has 4 fully saturated rings. The van der Waals surface area contributed by atoms with E-state index in [0.29, 0.717) is 49.1 Å². The SMILES string of the molecule is CC1CC2OC2CC1OC(=O)CCCCCCCCC(=O)OC1CC2OC2CC1C. The van der Waals surface area contributed by atoms with Gasteiger partial charge in [-0.1, -0.05) is 39.5 Å². The molecule has 0 amide bonds. The lowest BCUT2D eigenvalue weighted by atomic mass is 9.88. The van der Waals surface area contributed by atoms with E-state index in [4.69, 9.17) is 18.9 Å². The first-order valence-corrected chi connectivity index (χ1v) is 12.2. The van der Waals surface area contributed by atoms with Gasteiger partial charge in [0.2, 0.25) is 0 Å². The zero-order valence-electron chi connectivity index (χ0n) is 18.6. The van der Waals surface area contributed by atoms with Crippen molar-refractivity contribution in [3.63, 3.8) is 0 Å². The summed E-state index contributed by atoms with van der Waals surface area (Å²) in [4.78, 5) is 24.1. The molecule has 2 heterocycles. The lowest BCUT2D eigenvalue weighted by Crippen LogP contribution is -2.31. The van der Waals surface area contributed by atoms with Crippen LogP contribution >= 0.6 is 0 Å². The lowest BCUT2D eigenvalue weighted by molar-refractivity contribution is -0.153. The second-order valence-electron chi connectivity index (χ2n) is 10.0. The van der Waals surface area contributed by atoms with Crippen LogP contribution in [0.1, 0.15) is 90.9 Å². The predicted molar refractivity (Wildman–Crippen MR) is 111 cm³/mol. The minimum atomic E-state index is -0.0615. The number of ether oxygens (including phenoxy) is 4. The second kappa shape index (κ2) is 9.99. The summed E-state index contributed by atoms with van der Waals surface area (Å²) in [5.41, 5.74) is 0. The van der Waals surface area contributed by atoms with E-state index in [1.807, 2.05) is 0 Å². The predicted octanol–water partition coefficient (Wildman–Crippen LogP) is 4.33. The topological polar surface area (TPSA) is 77.7 Å². The van der Waals surface area contributed by atoms with Crippen molar-refractivity contribution in [3.8, 4) is 0 Å². The van der Waals surface area contributed by atoms with E-state index in [0.717, 1.165) is 64.2 Å². The van der Waals surface area contributed by atoms with Crippen molar-refractivity contribution in [2.24, 2.45) is 11.8 Å². The molecule has 4 rings (SSSR count). The summed E-state index contributed by atoms with van der Waals surface area (Å²) in [6.45, 7) is 4.30. The first-order valence-electron chi connectivity index (χ1n) is 12.2. The van der Waals surface area contributed by atoms with E-state index >= 15 is 0 Å². The summed E-state index contributed by atoms with van der Waals surface area (Å²) in [5.74, 6) is 0.691. The van der Waals surface area contributed by atoms with Gasteiger partial charge in [-0.2, -0.15) is 0 Å². The fraction of sp³-hybridized carbons (Fsp3) is 0.917. The van der Waals surface area contributed by atoms with Crippen molar-refractivity contribution >= 4 is 11.9 Å². The minimum absolute atomic E-state index is 0.0378. The number of hydrogen-bond acceptors (Lipinski definition) is 6. The number of carbonyl (C=O) groups excluding carboxylic acids is 2. The van der Waals surface area contributed by atoms with Crippen LogP contribution in [-0.4, -0.2) is 48.6 Å². The van der Waals surface area contributed by atoms with Crippen molar-refractivity contribution < 1.29 is 28.5 Å². The van der Waals surface area contributed by atoms with E-state index in [1.165, 1.54) is 0 Å². The third-order valence-electron chi connectivity index (χ3n) is 7.36. The van der Waals surface area contributed by atoms with Crippen molar-refractivity contribution in [2.75, 3.05) is 0 Å². The summed E-state index contributed by atoms with van der Waals surface area (Å²) in [6.07, 6.45) is 12.4. The molecule has 2 aliphatic carbocycles. The largest absolute Gasteiger partial charge is 0.462 e. The highest BCUT2D eigenvalue weighted by molar-refractivity contribution is 5.69. The third-order valence-corrected chi connectivity index (χ3v) is 7.36. The lowest BCUT2D eigenvalue weighted by Gasteiger charge is -2.26. The molecular formula is C24H38O6. The molecule has 2 saturated heterocycles. The van der Waals surface area contributed by atoms with Gasteiger partial charge in [0, 0.05) is 25.7 Å². The summed E-state index contributed by atoms with van der Waals surface area (Å²) < 4.78 is 22.4. The maximum absolute atomic E-state index is 12.1. The smallest absolute Gasteiger partial charge is 0.306 e. The van der Waals surface area contributed by atoms with Gasteiger partial charge in [0.25, 0.3) is 0 Å². The highest BCUT2D eigenvalue weighted by atomic mass is 16.6. The quantitative estimate of drug-likeness (QED) is 0.280. The van der Waals surface area contributed by atoms with Gasteiger partial charge >= 0.3 is 11.9 Å². The average molecular weight is 423 g/mol. The molecule has 0 N–H and O–H groups in total. The molecule has 6 nitrogen and oxygen atoms in total. The molecule has 2 aliphatic heterocycles. The summed E-state index contributed by atoms with van der Waals surface area (Å²) >= 11 is 0. The number of epoxide rings is 2. The molecule has 30 heavy (non-hydrogen) atoms. The van der Waals surface area contributed by atoms with Gasteiger partial charge < -0.3 is 18.9 Å². The Balaban J connectivity index is 0.966. The zero-order chi connectivity index (χ0) is 21.1. The van der Waals surface area contributed by atoms with Gasteiger partial charge in [-0.15, -0.1) is 0 Å². The van der Waals surface area contributed by atoms with Crippen molar-refractivity contribution in [3.05, 3.63) is 0 Å². The van der Waals surface area contributed by atoms with Gasteiger partial charge in [0.05, 0.1) is 24.4 Å². The van der Waals surface area contributed by atoms with Crippen LogP contribution in [0, 0.1) is 11.8 Å². The standard InChI is InChI=1S/C24H38O6/c1-15-11-19-21(27-19)13-17(15)29-23(25)9-7-5-3-4-6-8-10-24(26)30-18-14-22-20(28-22)12-16(18)2/h15-22H,3-14H2,1-2H3. The Morgan fingerprint density at radius 3 is 1.43 bits per heavy atom. The number of rotatable bonds is 11. The fourth-order valence-electron chi connectivity index (χ4n) is 5.18. The second-order valence-corrected chi connectivity index (χ2v) is 10.0. The number of carbonyl (C=O) groups is 2. The molecule has 8 atom stereocenters. The number of hydrogen-bond donors (Lipinski definition) is 0. The highest BCUT2D eigenvalue weighted by Crippen LogP contribution is 2.41. The molecule has 8 unspecified atom stereocenters. The Morgan fingerprint density at radius 1 is 0.633 bits per heavy atom. The molecular weight excluding hydrogens is 384 g/mol. The molecule has 0 aromatic rings. The molecule has 0 spiro atoms. The number of unbranched alkanes of at least 4 members (excludes halogenated alkanes) is 5. The van der Waals surface area contributed by atoms with Crippen LogP contribution in [0.2, 0.25) is 0 Å². The molecule has 2 saturated carbocycles. The van der Waals surface area contributed by atoms with Crippen LogP contribution in [0.15, 0.2) is 0 Å². The van der Waals surface area contributed by atoms with Crippen molar-refractivity contribution in [1.29, 1.82) is 0 Å². The summed E-state index contributed by atoms with van der Waals surface area (Å²) in [7, 11) is 0. The summed E-state index contributed by atoms with van der Waals surface area (Å²) in [5, 5.41) is 0. The molecule has 0 aromatic heterocycles. The monoisotopic (exact) mass is 422 g/mol. The number of fused-ring (bicyclic) bond motifs is 2. The third kappa shape index (κ3) is 6.19. The molecule has 6 heteroatoms. The highest BCUT2D eigenvalue weighted by Gasteiger charge is 2.49. The van der Waals surface area contributed by atoms with Crippen molar-refractivity contribution in [2.45, 2.75) is 128 Å². The Kier molecular flexibility index (Phi) is 7.35. The molecule has 0 aromatic carbocycles. The van der Waals surface area contributed by atoms with E-state index < -0.39 is 0 Å². The first-order chi connectivity index (χ1) is 14.5. The zero-order valence-corrected chi connectivity index (χ0v) is 18.6. The van der Waals surface area contributed by atoms with E-state index in [2.05, 4.69) is 13.8 Å². The molecule has 0 radical (unpaired) electrons. The maximum atomic E-state index is 12.1. The summed E-state index contributed by atoms with van der Waals surface area (Å²) in [6, 6.07) is 0. The van der Waals surface area contributed by atoms with Gasteiger partial charge in [-0.25, -0.2) is 0 Å². The van der Waals surface area contributed by atoms with Crippen LogP contribution < -0.4 is 0 Å². The van der Waals surface area contributed by atoms with E-state index in [1.54, 1.807) is 0 Å². The molecule has 4 aliphatic rings. The van der Waals surface area contributed by atoms with Gasteiger partial charge in [-0.05, 0) is 37.5 Å². The van der Waals surface area contributed by atoms with Gasteiger partial charge in [-0.3, -0.25) is 9.59 Å². The van der Waals surface area contributed by atoms with Crippen LogP contribution in [-0.2, 0) is 28.5 Å². The van der Waals surface area contributed by atoms with Gasteiger partial charge in [0.1, 0.15) is 12.2 Å². The molecule has 0 bridgehead atoms. The average Bonchev–Trinajstić information content (AvgIpc) is 3.60. The van der Waals surface area contributed by atoms with Crippen LogP contribution in [0.25, 0.3) is 0 Å². The van der Waals surface area contributed by atoms with E-state index in [9.17, 15) is 9.59 Å². The Hall–Kier alpha value is -1.14. The van der Waals surface area contributed by atoms with Crippen LogP contribution in [0.5, 0.6) is 0 Å². The first kappa shape index (κ1) is 22.1. The number of esters is 2. The normalized spacial score (nSPS) is 38.9. The Labute approximate surface area is 180 Å². The van der Waals surface area contributed by atoms with Crippen molar-refractivity contribution in [1.82, 2.24) is 0 Å². The van der Waals surface area contributed by atoms with Crippen LogP contribution in [0.3, 0.4) is 0 Å². The Bertz CT molecular complexity index is 555. The molecule has 170 valence electrons. The Morgan fingerprint density at radius 2 is 1.00 bits per heavy atom. The fourth-order valence-corrected chi connectivity index (χ4v) is 5.18. The van der Waals surface area contributed by atoms with E-state index in [-0.39, 0.29) is 24.1 Å². The maximum Gasteiger partial charge on any atom is 0.306 e. The van der Waals surface area contributed by atoms with Crippen LogP contribution in [0.4, 0.5) is 0 Å². The minimum Gasteiger partial charge on any atom is -0.462 e. The van der Waals surface area contributed by atoms with Gasteiger partial charge in [0.15, 0.2) is 0 Å².